The van der Waals surface area contributed by atoms with E-state index in [4.69, 9.17) is 10.00 Å². The van der Waals surface area contributed by atoms with Gasteiger partial charge in [0.15, 0.2) is 0 Å². The molecule has 1 aromatic rings. The van der Waals surface area contributed by atoms with Gasteiger partial charge in [-0.15, -0.1) is 0 Å². The number of aromatic nitrogens is 1. The maximum absolute atomic E-state index is 12.6. The summed E-state index contributed by atoms with van der Waals surface area (Å²) in [6, 6.07) is 5.48. The van der Waals surface area contributed by atoms with E-state index in [1.165, 1.54) is 6.20 Å². The number of carbonyl (C=O) groups is 1. The summed E-state index contributed by atoms with van der Waals surface area (Å²) in [6.45, 7) is 3.47. The summed E-state index contributed by atoms with van der Waals surface area (Å²) in [5.41, 5.74) is 0.528. The fraction of sp³-hybridized carbons (Fsp3) is 0.611. The van der Waals surface area contributed by atoms with E-state index in [-0.39, 0.29) is 12.0 Å². The number of likely N-dealkylation sites (tertiary alicyclic amines) is 2. The molecule has 1 atom stereocenters. The van der Waals surface area contributed by atoms with Gasteiger partial charge in [-0.25, -0.2) is 4.98 Å². The van der Waals surface area contributed by atoms with Crippen LogP contribution in [0.15, 0.2) is 18.3 Å². The van der Waals surface area contributed by atoms with Crippen molar-refractivity contribution in [3.63, 3.8) is 0 Å². The van der Waals surface area contributed by atoms with Crippen LogP contribution in [0.1, 0.15) is 31.2 Å². The highest BCUT2D eigenvalue weighted by molar-refractivity contribution is 5.79. The summed E-state index contributed by atoms with van der Waals surface area (Å²) in [4.78, 5) is 21.0. The number of nitriles is 1. The molecule has 128 valence electrons. The lowest BCUT2D eigenvalue weighted by Gasteiger charge is -2.36. The fourth-order valence-corrected chi connectivity index (χ4v) is 3.51. The predicted molar refractivity (Wildman–Crippen MR) is 89.4 cm³/mol. The van der Waals surface area contributed by atoms with Gasteiger partial charge >= 0.3 is 0 Å². The summed E-state index contributed by atoms with van der Waals surface area (Å²) in [7, 11) is 2.09. The van der Waals surface area contributed by atoms with Gasteiger partial charge in [0.05, 0.1) is 11.5 Å². The van der Waals surface area contributed by atoms with Gasteiger partial charge in [0.1, 0.15) is 12.2 Å². The predicted octanol–water partition coefficient (Wildman–Crippen LogP) is 1.66. The van der Waals surface area contributed by atoms with E-state index in [9.17, 15) is 4.79 Å². The number of ether oxygens (including phenoxy) is 1. The number of hydrogen-bond donors (Lipinski definition) is 0. The molecule has 3 rings (SSSR count). The summed E-state index contributed by atoms with van der Waals surface area (Å²) in [5.74, 6) is 1.01. The molecule has 0 aromatic carbocycles. The summed E-state index contributed by atoms with van der Waals surface area (Å²) in [5, 5.41) is 8.78. The molecular formula is C18H24N4O2. The first kappa shape index (κ1) is 16.7. The quantitative estimate of drug-likeness (QED) is 0.844. The van der Waals surface area contributed by atoms with Crippen molar-refractivity contribution in [2.75, 3.05) is 33.2 Å². The van der Waals surface area contributed by atoms with E-state index in [2.05, 4.69) is 16.9 Å². The van der Waals surface area contributed by atoms with Crippen LogP contribution in [-0.2, 0) is 4.79 Å². The maximum Gasteiger partial charge on any atom is 0.226 e. The number of rotatable bonds is 3. The van der Waals surface area contributed by atoms with E-state index in [0.717, 1.165) is 51.9 Å². The smallest absolute Gasteiger partial charge is 0.226 e. The minimum atomic E-state index is 0.0866. The van der Waals surface area contributed by atoms with E-state index < -0.39 is 0 Å². The lowest BCUT2D eigenvalue weighted by atomic mass is 9.95. The SMILES string of the molecule is CN1CCC[C@H](C(=O)N2CCC(Oc3ccc(C#N)cn3)CC2)C1. The third kappa shape index (κ3) is 4.04. The van der Waals surface area contributed by atoms with Gasteiger partial charge in [-0.05, 0) is 32.5 Å². The summed E-state index contributed by atoms with van der Waals surface area (Å²) < 4.78 is 5.88. The molecular weight excluding hydrogens is 304 g/mol. The third-order valence-electron chi connectivity index (χ3n) is 4.88. The van der Waals surface area contributed by atoms with Crippen molar-refractivity contribution in [3.05, 3.63) is 23.9 Å². The van der Waals surface area contributed by atoms with Crippen LogP contribution in [0.2, 0.25) is 0 Å². The topological polar surface area (TPSA) is 69.5 Å². The standard InChI is InChI=1S/C18H24N4O2/c1-21-8-2-3-15(13-21)18(23)22-9-6-16(7-10-22)24-17-5-4-14(11-19)12-20-17/h4-5,12,15-16H,2-3,6-10,13H2,1H3/t15-/m0/s1. The number of hydrogen-bond acceptors (Lipinski definition) is 5. The Kier molecular flexibility index (Phi) is 5.31. The second-order valence-corrected chi connectivity index (χ2v) is 6.74. The van der Waals surface area contributed by atoms with E-state index in [1.54, 1.807) is 12.1 Å². The van der Waals surface area contributed by atoms with Gasteiger partial charge in [-0.1, -0.05) is 0 Å². The first-order chi connectivity index (χ1) is 11.7. The van der Waals surface area contributed by atoms with Crippen LogP contribution < -0.4 is 4.74 Å². The van der Waals surface area contributed by atoms with Crippen molar-refractivity contribution in [1.29, 1.82) is 5.26 Å². The van der Waals surface area contributed by atoms with Gasteiger partial charge in [0.2, 0.25) is 11.8 Å². The van der Waals surface area contributed by atoms with E-state index in [1.807, 2.05) is 11.0 Å². The molecule has 24 heavy (non-hydrogen) atoms. The van der Waals surface area contributed by atoms with E-state index >= 15 is 0 Å². The van der Waals surface area contributed by atoms with Crippen molar-refractivity contribution >= 4 is 5.91 Å². The Labute approximate surface area is 143 Å². The molecule has 0 N–H and O–H groups in total. The molecule has 1 amide bonds. The highest BCUT2D eigenvalue weighted by Gasteiger charge is 2.31. The molecule has 2 aliphatic heterocycles. The molecule has 0 radical (unpaired) electrons. The van der Waals surface area contributed by atoms with Crippen molar-refractivity contribution < 1.29 is 9.53 Å². The molecule has 0 bridgehead atoms. The lowest BCUT2D eigenvalue weighted by molar-refractivity contribution is -0.139. The average Bonchev–Trinajstić information content (AvgIpc) is 2.62. The van der Waals surface area contributed by atoms with Gasteiger partial charge < -0.3 is 14.5 Å². The van der Waals surface area contributed by atoms with Crippen molar-refractivity contribution in [1.82, 2.24) is 14.8 Å². The van der Waals surface area contributed by atoms with Crippen LogP contribution in [0.3, 0.4) is 0 Å². The molecule has 2 fully saturated rings. The van der Waals surface area contributed by atoms with Crippen LogP contribution in [0.5, 0.6) is 5.88 Å². The zero-order valence-electron chi connectivity index (χ0n) is 14.1. The normalized spacial score (nSPS) is 22.8. The molecule has 0 unspecified atom stereocenters. The first-order valence-electron chi connectivity index (χ1n) is 8.66. The molecule has 6 nitrogen and oxygen atoms in total. The molecule has 1 aromatic heterocycles. The Hall–Kier alpha value is -2.13. The molecule has 2 aliphatic rings. The zero-order chi connectivity index (χ0) is 16.9. The minimum Gasteiger partial charge on any atom is -0.474 e. The molecule has 0 spiro atoms. The van der Waals surface area contributed by atoms with Gasteiger partial charge in [0.25, 0.3) is 0 Å². The number of carbonyl (C=O) groups excluding carboxylic acids is 1. The fourth-order valence-electron chi connectivity index (χ4n) is 3.51. The Morgan fingerprint density at radius 2 is 2.08 bits per heavy atom. The largest absolute Gasteiger partial charge is 0.474 e. The van der Waals surface area contributed by atoms with Crippen molar-refractivity contribution in [2.45, 2.75) is 31.8 Å². The molecule has 3 heterocycles. The Morgan fingerprint density at radius 3 is 2.71 bits per heavy atom. The Balaban J connectivity index is 1.48. The lowest BCUT2D eigenvalue weighted by Crippen LogP contribution is -2.47. The van der Waals surface area contributed by atoms with Crippen molar-refractivity contribution in [2.24, 2.45) is 5.92 Å². The molecule has 2 saturated heterocycles. The maximum atomic E-state index is 12.6. The van der Waals surface area contributed by atoms with Crippen molar-refractivity contribution in [3.8, 4) is 11.9 Å². The number of nitrogens with zero attached hydrogens (tertiary/aromatic N) is 4. The van der Waals surface area contributed by atoms with Gasteiger partial charge in [-0.2, -0.15) is 5.26 Å². The average molecular weight is 328 g/mol. The first-order valence-corrected chi connectivity index (χ1v) is 8.66. The summed E-state index contributed by atoms with van der Waals surface area (Å²) in [6.07, 6.45) is 5.38. The number of amides is 1. The Bertz CT molecular complexity index is 602. The van der Waals surface area contributed by atoms with E-state index in [0.29, 0.717) is 17.4 Å². The number of piperidine rings is 2. The van der Waals surface area contributed by atoms with Gasteiger partial charge in [0, 0.05) is 44.7 Å². The number of pyridine rings is 1. The van der Waals surface area contributed by atoms with Crippen LogP contribution >= 0.6 is 0 Å². The van der Waals surface area contributed by atoms with Crippen LogP contribution in [0, 0.1) is 17.2 Å². The third-order valence-corrected chi connectivity index (χ3v) is 4.88. The molecule has 0 saturated carbocycles. The highest BCUT2D eigenvalue weighted by atomic mass is 16.5. The summed E-state index contributed by atoms with van der Waals surface area (Å²) >= 11 is 0. The highest BCUT2D eigenvalue weighted by Crippen LogP contribution is 2.22. The molecule has 6 heteroatoms. The van der Waals surface area contributed by atoms with Gasteiger partial charge in [-0.3, -0.25) is 4.79 Å². The Morgan fingerprint density at radius 1 is 1.29 bits per heavy atom. The zero-order valence-corrected chi connectivity index (χ0v) is 14.1. The molecule has 0 aliphatic carbocycles. The van der Waals surface area contributed by atoms with Crippen LogP contribution in [0.4, 0.5) is 0 Å². The second kappa shape index (κ2) is 7.63. The monoisotopic (exact) mass is 328 g/mol. The van der Waals surface area contributed by atoms with Crippen LogP contribution in [-0.4, -0.2) is 60.0 Å². The van der Waals surface area contributed by atoms with Crippen LogP contribution in [0.25, 0.3) is 0 Å². The second-order valence-electron chi connectivity index (χ2n) is 6.74. The minimum absolute atomic E-state index is 0.0866.